The number of nitrogens with two attached hydrogens (primary N) is 1. The van der Waals surface area contributed by atoms with Crippen LogP contribution in [-0.4, -0.2) is 6.67 Å². The van der Waals surface area contributed by atoms with Crippen molar-refractivity contribution in [3.63, 3.8) is 0 Å². The van der Waals surface area contributed by atoms with Crippen LogP contribution in [0.5, 0.6) is 0 Å². The molecular weight excluding hydrogens is 235 g/mol. The van der Waals surface area contributed by atoms with E-state index < -0.39 is 12.7 Å². The fraction of sp³-hybridized carbons (Fsp3) is 0.250. The molecule has 0 unspecified atom stereocenters. The minimum absolute atomic E-state index is 0. The molecule has 1 aromatic rings. The first-order valence-electron chi connectivity index (χ1n) is 3.42. The van der Waals surface area contributed by atoms with E-state index in [9.17, 15) is 4.39 Å². The quantitative estimate of drug-likeness (QED) is 0.848. The van der Waals surface area contributed by atoms with Crippen LogP contribution in [0.2, 0.25) is 10.0 Å². The zero-order valence-electron chi connectivity index (χ0n) is 6.64. The average molecular weight is 245 g/mol. The summed E-state index contributed by atoms with van der Waals surface area (Å²) in [5.74, 6) is 0. The van der Waals surface area contributed by atoms with Gasteiger partial charge in [0.05, 0.1) is 16.1 Å². The summed E-state index contributed by atoms with van der Waals surface area (Å²) in [5.41, 5.74) is 5.99. The van der Waals surface area contributed by atoms with Crippen molar-refractivity contribution in [1.29, 1.82) is 0 Å². The van der Waals surface area contributed by atoms with Crippen LogP contribution in [-0.2, 0) is 0 Å². The van der Waals surface area contributed by atoms with Crippen molar-refractivity contribution in [2.75, 3.05) is 6.67 Å². The van der Waals surface area contributed by atoms with Crippen LogP contribution in [0, 0.1) is 0 Å². The van der Waals surface area contributed by atoms with Gasteiger partial charge in [0.2, 0.25) is 0 Å². The van der Waals surface area contributed by atoms with E-state index in [1.54, 1.807) is 18.2 Å². The summed E-state index contributed by atoms with van der Waals surface area (Å²) in [7, 11) is 0. The molecule has 1 nitrogen and oxygen atoms in total. The Morgan fingerprint density at radius 2 is 2.00 bits per heavy atom. The standard InChI is InChI=1S/C8H8Cl2FN.ClH/c9-6-3-1-2-5(8(6)10)7(12)4-11;/h1-3,7H,4,12H2;1H/t7-;/m1./s1. The number of rotatable bonds is 2. The van der Waals surface area contributed by atoms with Crippen LogP contribution in [0.4, 0.5) is 4.39 Å². The summed E-state index contributed by atoms with van der Waals surface area (Å²) in [6, 6.07) is 4.31. The Morgan fingerprint density at radius 3 is 2.54 bits per heavy atom. The van der Waals surface area contributed by atoms with E-state index in [4.69, 9.17) is 28.9 Å². The predicted molar refractivity (Wildman–Crippen MR) is 56.6 cm³/mol. The maximum atomic E-state index is 12.2. The average Bonchev–Trinajstić information content (AvgIpc) is 2.08. The summed E-state index contributed by atoms with van der Waals surface area (Å²) >= 11 is 11.5. The molecule has 0 aliphatic heterocycles. The summed E-state index contributed by atoms with van der Waals surface area (Å²) in [5, 5.41) is 0.738. The van der Waals surface area contributed by atoms with Crippen LogP contribution >= 0.6 is 35.6 Å². The first-order valence-corrected chi connectivity index (χ1v) is 4.18. The Bertz CT molecular complexity index is 280. The molecule has 0 amide bonds. The minimum Gasteiger partial charge on any atom is -0.322 e. The van der Waals surface area contributed by atoms with Gasteiger partial charge in [0.25, 0.3) is 0 Å². The topological polar surface area (TPSA) is 26.0 Å². The van der Waals surface area contributed by atoms with E-state index in [0.717, 1.165) is 0 Å². The van der Waals surface area contributed by atoms with E-state index in [2.05, 4.69) is 0 Å². The van der Waals surface area contributed by atoms with E-state index in [1.165, 1.54) is 0 Å². The van der Waals surface area contributed by atoms with Crippen molar-refractivity contribution in [3.05, 3.63) is 33.8 Å². The summed E-state index contributed by atoms with van der Waals surface area (Å²) < 4.78 is 12.2. The molecule has 0 saturated heterocycles. The molecule has 0 fully saturated rings. The third-order valence-corrected chi connectivity index (χ3v) is 2.38. The van der Waals surface area contributed by atoms with Crippen molar-refractivity contribution < 1.29 is 4.39 Å². The Morgan fingerprint density at radius 1 is 1.38 bits per heavy atom. The molecule has 13 heavy (non-hydrogen) atoms. The van der Waals surface area contributed by atoms with Gasteiger partial charge in [-0.25, -0.2) is 4.39 Å². The molecule has 2 N–H and O–H groups in total. The lowest BCUT2D eigenvalue weighted by Crippen LogP contribution is -2.12. The van der Waals surface area contributed by atoms with Crippen LogP contribution in [0.1, 0.15) is 11.6 Å². The largest absolute Gasteiger partial charge is 0.322 e. The monoisotopic (exact) mass is 243 g/mol. The van der Waals surface area contributed by atoms with Crippen molar-refractivity contribution >= 4 is 35.6 Å². The zero-order chi connectivity index (χ0) is 9.14. The van der Waals surface area contributed by atoms with Gasteiger partial charge < -0.3 is 5.73 Å². The molecule has 1 rings (SSSR count). The normalized spacial score (nSPS) is 12.0. The summed E-state index contributed by atoms with van der Waals surface area (Å²) in [6.07, 6.45) is 0. The Labute approximate surface area is 92.4 Å². The van der Waals surface area contributed by atoms with Gasteiger partial charge in [-0.15, -0.1) is 12.4 Å². The molecule has 0 aliphatic rings. The maximum Gasteiger partial charge on any atom is 0.109 e. The van der Waals surface area contributed by atoms with Crippen LogP contribution in [0.3, 0.4) is 0 Å². The molecule has 1 atom stereocenters. The number of halogens is 4. The maximum absolute atomic E-state index is 12.2. The summed E-state index contributed by atoms with van der Waals surface area (Å²) in [4.78, 5) is 0. The van der Waals surface area contributed by atoms with Gasteiger partial charge in [-0.1, -0.05) is 35.3 Å². The zero-order valence-corrected chi connectivity index (χ0v) is 8.96. The predicted octanol–water partition coefficient (Wildman–Crippen LogP) is 3.38. The second-order valence-corrected chi connectivity index (χ2v) is 3.19. The Kier molecular flexibility index (Phi) is 5.65. The molecule has 5 heteroatoms. The van der Waals surface area contributed by atoms with Gasteiger partial charge in [0, 0.05) is 0 Å². The molecular formula is C8H9Cl3FN. The van der Waals surface area contributed by atoms with Crippen molar-refractivity contribution in [2.24, 2.45) is 5.73 Å². The first-order chi connectivity index (χ1) is 5.66. The smallest absolute Gasteiger partial charge is 0.109 e. The Hall–Kier alpha value is -0.0200. The van der Waals surface area contributed by atoms with Crippen molar-refractivity contribution in [1.82, 2.24) is 0 Å². The SMILES string of the molecule is Cl.N[C@H](CF)c1cccc(Cl)c1Cl. The molecule has 0 bridgehead atoms. The molecule has 0 aromatic heterocycles. The molecule has 0 heterocycles. The van der Waals surface area contributed by atoms with Gasteiger partial charge in [0.15, 0.2) is 0 Å². The molecule has 0 spiro atoms. The molecule has 1 aromatic carbocycles. The van der Waals surface area contributed by atoms with Crippen LogP contribution < -0.4 is 5.73 Å². The fourth-order valence-electron chi connectivity index (χ4n) is 0.890. The lowest BCUT2D eigenvalue weighted by atomic mass is 10.1. The summed E-state index contributed by atoms with van der Waals surface area (Å²) in [6.45, 7) is -0.639. The molecule has 74 valence electrons. The van der Waals surface area contributed by atoms with E-state index in [0.29, 0.717) is 15.6 Å². The highest BCUT2D eigenvalue weighted by molar-refractivity contribution is 6.42. The second-order valence-electron chi connectivity index (χ2n) is 2.40. The lowest BCUT2D eigenvalue weighted by molar-refractivity contribution is 0.437. The number of benzene rings is 1. The van der Waals surface area contributed by atoms with E-state index in [1.807, 2.05) is 0 Å². The Balaban J connectivity index is 0.00000144. The second kappa shape index (κ2) is 5.66. The van der Waals surface area contributed by atoms with Gasteiger partial charge in [-0.3, -0.25) is 0 Å². The number of hydrogen-bond acceptors (Lipinski definition) is 1. The van der Waals surface area contributed by atoms with Gasteiger partial charge in [-0.05, 0) is 11.6 Å². The third kappa shape index (κ3) is 2.99. The highest BCUT2D eigenvalue weighted by Crippen LogP contribution is 2.28. The third-order valence-electron chi connectivity index (χ3n) is 1.55. The van der Waals surface area contributed by atoms with Gasteiger partial charge in [0.1, 0.15) is 6.67 Å². The minimum atomic E-state index is -0.684. The lowest BCUT2D eigenvalue weighted by Gasteiger charge is -2.09. The number of hydrogen-bond donors (Lipinski definition) is 1. The molecule has 0 saturated carbocycles. The van der Waals surface area contributed by atoms with E-state index in [-0.39, 0.29) is 12.4 Å². The van der Waals surface area contributed by atoms with Crippen molar-refractivity contribution in [3.8, 4) is 0 Å². The van der Waals surface area contributed by atoms with E-state index >= 15 is 0 Å². The van der Waals surface area contributed by atoms with Crippen LogP contribution in [0.15, 0.2) is 18.2 Å². The fourth-order valence-corrected chi connectivity index (χ4v) is 1.34. The molecule has 0 radical (unpaired) electrons. The van der Waals surface area contributed by atoms with Crippen molar-refractivity contribution in [2.45, 2.75) is 6.04 Å². The molecule has 0 aliphatic carbocycles. The highest BCUT2D eigenvalue weighted by Gasteiger charge is 2.11. The first kappa shape index (κ1) is 13.0. The van der Waals surface area contributed by atoms with Gasteiger partial charge in [-0.2, -0.15) is 0 Å². The van der Waals surface area contributed by atoms with Gasteiger partial charge >= 0.3 is 0 Å². The van der Waals surface area contributed by atoms with Crippen LogP contribution in [0.25, 0.3) is 0 Å². The highest BCUT2D eigenvalue weighted by atomic mass is 35.5. The number of alkyl halides is 1.